The molecule has 0 spiro atoms. The number of nitrogens with zero attached hydrogens (tertiary/aromatic N) is 2. The lowest BCUT2D eigenvalue weighted by molar-refractivity contribution is 0.661. The maximum Gasteiger partial charge on any atom is 0.0544 e. The number of fused-ring (bicyclic) bond motifs is 7. The van der Waals surface area contributed by atoms with E-state index in [0.29, 0.717) is 0 Å². The zero-order chi connectivity index (χ0) is 38.1. The minimum Gasteiger partial charge on any atom is -0.311 e. The molecule has 1 aliphatic rings. The van der Waals surface area contributed by atoms with Gasteiger partial charge in [0.1, 0.15) is 0 Å². The molecule has 57 heavy (non-hydrogen) atoms. The fraction of sp³-hybridized carbons (Fsp3) is 0.0545. The average molecular weight is 729 g/mol. The van der Waals surface area contributed by atoms with Crippen LogP contribution >= 0.6 is 0 Å². The van der Waals surface area contributed by atoms with Gasteiger partial charge in [0.2, 0.25) is 0 Å². The topological polar surface area (TPSA) is 8.17 Å². The van der Waals surface area contributed by atoms with Crippen LogP contribution in [0.3, 0.4) is 0 Å². The monoisotopic (exact) mass is 728 g/mol. The molecule has 0 amide bonds. The molecule has 270 valence electrons. The first-order valence-electron chi connectivity index (χ1n) is 19.8. The van der Waals surface area contributed by atoms with Gasteiger partial charge in [-0.3, -0.25) is 0 Å². The molecular weight excluding hydrogens is 689 g/mol. The van der Waals surface area contributed by atoms with E-state index in [4.69, 9.17) is 0 Å². The summed E-state index contributed by atoms with van der Waals surface area (Å²) in [6, 6.07) is 75.4. The number of rotatable bonds is 6. The Hall–Kier alpha value is -7.16. The lowest BCUT2D eigenvalue weighted by Gasteiger charge is -2.26. The molecule has 9 aromatic carbocycles. The van der Waals surface area contributed by atoms with Crippen LogP contribution in [0.2, 0.25) is 0 Å². The summed E-state index contributed by atoms with van der Waals surface area (Å²) >= 11 is 0. The number of hydrogen-bond donors (Lipinski definition) is 0. The van der Waals surface area contributed by atoms with Crippen LogP contribution < -0.4 is 4.90 Å². The third-order valence-corrected chi connectivity index (χ3v) is 12.2. The van der Waals surface area contributed by atoms with Crippen LogP contribution in [-0.2, 0) is 5.41 Å². The fourth-order valence-electron chi connectivity index (χ4n) is 9.24. The Labute approximate surface area is 333 Å². The maximum atomic E-state index is 2.45. The predicted octanol–water partition coefficient (Wildman–Crippen LogP) is 15.0. The van der Waals surface area contributed by atoms with E-state index in [9.17, 15) is 0 Å². The third kappa shape index (κ3) is 5.40. The van der Waals surface area contributed by atoms with Crippen LogP contribution in [0.15, 0.2) is 206 Å². The van der Waals surface area contributed by atoms with E-state index in [-0.39, 0.29) is 5.41 Å². The van der Waals surface area contributed by atoms with Crippen molar-refractivity contribution in [1.82, 2.24) is 4.57 Å². The van der Waals surface area contributed by atoms with Gasteiger partial charge in [-0.2, -0.15) is 0 Å². The second-order valence-electron chi connectivity index (χ2n) is 15.8. The van der Waals surface area contributed by atoms with Crippen molar-refractivity contribution >= 4 is 49.6 Å². The van der Waals surface area contributed by atoms with E-state index in [1.807, 2.05) is 0 Å². The van der Waals surface area contributed by atoms with E-state index >= 15 is 0 Å². The Bertz CT molecular complexity index is 3110. The lowest BCUT2D eigenvalue weighted by atomic mass is 9.82. The van der Waals surface area contributed by atoms with Gasteiger partial charge in [0.05, 0.1) is 11.0 Å². The minimum absolute atomic E-state index is 0.0607. The van der Waals surface area contributed by atoms with Gasteiger partial charge in [-0.05, 0) is 128 Å². The number of anilines is 3. The molecule has 0 atom stereocenters. The maximum absolute atomic E-state index is 2.45. The molecule has 0 saturated heterocycles. The molecule has 1 aromatic heterocycles. The van der Waals surface area contributed by atoms with Gasteiger partial charge >= 0.3 is 0 Å². The fourth-order valence-corrected chi connectivity index (χ4v) is 9.24. The van der Waals surface area contributed by atoms with E-state index in [0.717, 1.165) is 22.7 Å². The molecule has 0 radical (unpaired) electrons. The molecule has 10 aromatic rings. The van der Waals surface area contributed by atoms with Gasteiger partial charge < -0.3 is 9.47 Å². The zero-order valence-electron chi connectivity index (χ0n) is 32.0. The van der Waals surface area contributed by atoms with Crippen molar-refractivity contribution in [2.75, 3.05) is 4.90 Å². The van der Waals surface area contributed by atoms with Crippen LogP contribution in [0, 0.1) is 0 Å². The highest BCUT2D eigenvalue weighted by Gasteiger charge is 2.36. The van der Waals surface area contributed by atoms with Gasteiger partial charge in [-0.25, -0.2) is 0 Å². The molecule has 1 aliphatic carbocycles. The van der Waals surface area contributed by atoms with Gasteiger partial charge in [0.25, 0.3) is 0 Å². The van der Waals surface area contributed by atoms with Crippen LogP contribution in [0.4, 0.5) is 17.1 Å². The lowest BCUT2D eigenvalue weighted by Crippen LogP contribution is -2.14. The third-order valence-electron chi connectivity index (χ3n) is 12.2. The van der Waals surface area contributed by atoms with Crippen LogP contribution in [-0.4, -0.2) is 4.57 Å². The largest absolute Gasteiger partial charge is 0.311 e. The summed E-state index contributed by atoms with van der Waals surface area (Å²) in [6.45, 7) is 4.72. The zero-order valence-corrected chi connectivity index (χ0v) is 32.0. The van der Waals surface area contributed by atoms with Crippen molar-refractivity contribution < 1.29 is 0 Å². The van der Waals surface area contributed by atoms with Crippen molar-refractivity contribution in [2.24, 2.45) is 0 Å². The SMILES string of the molecule is CC1(C)c2ccccc2-c2cc3c4ccccc4n(-c4ccc(-c5ccc(N(c6ccccc6)c6ccc(-c7ccc8ccccc8c7)cc6)cc5)cc4)c3cc21. The standard InChI is InChI=1S/C55H40N2/c1-55(2)51-18-10-8-16-47(51)49-35-50-48-17-9-11-19-53(48)57(54(50)36-52(49)55)46-32-24-39(25-33-46)38-22-28-44(29-23-38)56(43-14-4-3-5-15-43)45-30-26-40(27-31-45)42-21-20-37-12-6-7-13-41(37)34-42/h3-36H,1-2H3. The molecule has 2 heteroatoms. The summed E-state index contributed by atoms with van der Waals surface area (Å²) in [7, 11) is 0. The molecule has 1 heterocycles. The molecule has 0 fully saturated rings. The van der Waals surface area contributed by atoms with Crippen molar-refractivity contribution in [3.05, 3.63) is 217 Å². The Kier molecular flexibility index (Phi) is 7.55. The first kappa shape index (κ1) is 33.2. The number of para-hydroxylation sites is 2. The Morgan fingerprint density at radius 3 is 1.67 bits per heavy atom. The van der Waals surface area contributed by atoms with E-state index in [1.165, 1.54) is 77.1 Å². The smallest absolute Gasteiger partial charge is 0.0544 e. The average Bonchev–Trinajstić information content (AvgIpc) is 3.71. The molecule has 0 bridgehead atoms. The van der Waals surface area contributed by atoms with Gasteiger partial charge in [0, 0.05) is 38.9 Å². The molecule has 0 saturated carbocycles. The minimum atomic E-state index is -0.0607. The van der Waals surface area contributed by atoms with E-state index in [2.05, 4.69) is 230 Å². The second-order valence-corrected chi connectivity index (χ2v) is 15.8. The number of aromatic nitrogens is 1. The van der Waals surface area contributed by atoms with Gasteiger partial charge in [-0.15, -0.1) is 0 Å². The molecule has 0 aliphatic heterocycles. The Balaban J connectivity index is 0.927. The first-order valence-corrected chi connectivity index (χ1v) is 19.8. The van der Waals surface area contributed by atoms with Crippen molar-refractivity contribution in [3.8, 4) is 39.1 Å². The molecular formula is C55H40N2. The molecule has 2 nitrogen and oxygen atoms in total. The summed E-state index contributed by atoms with van der Waals surface area (Å²) in [4.78, 5) is 2.33. The Morgan fingerprint density at radius 2 is 0.930 bits per heavy atom. The summed E-state index contributed by atoms with van der Waals surface area (Å²) in [5.41, 5.74) is 17.2. The molecule has 0 N–H and O–H groups in total. The number of benzene rings is 9. The highest BCUT2D eigenvalue weighted by molar-refractivity contribution is 6.11. The van der Waals surface area contributed by atoms with Crippen LogP contribution in [0.5, 0.6) is 0 Å². The Morgan fingerprint density at radius 1 is 0.368 bits per heavy atom. The molecule has 0 unspecified atom stereocenters. The number of hydrogen-bond acceptors (Lipinski definition) is 1. The quantitative estimate of drug-likeness (QED) is 0.165. The van der Waals surface area contributed by atoms with Crippen LogP contribution in [0.1, 0.15) is 25.0 Å². The summed E-state index contributed by atoms with van der Waals surface area (Å²) in [5, 5.41) is 5.09. The first-order chi connectivity index (χ1) is 28.0. The van der Waals surface area contributed by atoms with E-state index in [1.54, 1.807) is 0 Å². The summed E-state index contributed by atoms with van der Waals surface area (Å²) < 4.78 is 2.44. The second kappa shape index (κ2) is 13.0. The van der Waals surface area contributed by atoms with Gasteiger partial charge in [-0.1, -0.05) is 147 Å². The highest BCUT2D eigenvalue weighted by Crippen LogP contribution is 2.51. The summed E-state index contributed by atoms with van der Waals surface area (Å²) in [5.74, 6) is 0. The summed E-state index contributed by atoms with van der Waals surface area (Å²) in [6.07, 6.45) is 0. The van der Waals surface area contributed by atoms with Gasteiger partial charge in [0.15, 0.2) is 0 Å². The van der Waals surface area contributed by atoms with Crippen molar-refractivity contribution in [2.45, 2.75) is 19.3 Å². The highest BCUT2D eigenvalue weighted by atomic mass is 15.1. The van der Waals surface area contributed by atoms with Crippen LogP contribution in [0.25, 0.3) is 71.6 Å². The molecule has 11 rings (SSSR count). The van der Waals surface area contributed by atoms with E-state index < -0.39 is 0 Å². The normalized spacial score (nSPS) is 12.9. The van der Waals surface area contributed by atoms with Crippen molar-refractivity contribution in [3.63, 3.8) is 0 Å². The predicted molar refractivity (Wildman–Crippen MR) is 241 cm³/mol. The van der Waals surface area contributed by atoms with Crippen molar-refractivity contribution in [1.29, 1.82) is 0 Å².